The van der Waals surface area contributed by atoms with E-state index in [0.29, 0.717) is 12.1 Å². The van der Waals surface area contributed by atoms with E-state index in [1.54, 1.807) is 6.07 Å². The minimum absolute atomic E-state index is 0.0334. The summed E-state index contributed by atoms with van der Waals surface area (Å²) in [6.45, 7) is 4.77. The smallest absolute Gasteiger partial charge is 0.340 e. The van der Waals surface area contributed by atoms with Crippen LogP contribution in [0.3, 0.4) is 0 Å². The second kappa shape index (κ2) is 8.75. The number of carbonyl (C=O) groups excluding carboxylic acids is 2. The number of nitrogens with zero attached hydrogens (tertiary/aromatic N) is 2. The second-order valence-corrected chi connectivity index (χ2v) is 7.36. The Morgan fingerprint density at radius 3 is 2.69 bits per heavy atom. The summed E-state index contributed by atoms with van der Waals surface area (Å²) in [7, 11) is 0. The summed E-state index contributed by atoms with van der Waals surface area (Å²) in [6, 6.07) is 5.21. The average Bonchev–Trinajstić information content (AvgIpc) is 3.29. The highest BCUT2D eigenvalue weighted by Crippen LogP contribution is 2.24. The molecule has 1 aliphatic rings. The van der Waals surface area contributed by atoms with Gasteiger partial charge in [0.15, 0.2) is 6.61 Å². The van der Waals surface area contributed by atoms with Gasteiger partial charge in [0.1, 0.15) is 0 Å². The van der Waals surface area contributed by atoms with Gasteiger partial charge in [-0.1, -0.05) is 11.6 Å². The summed E-state index contributed by atoms with van der Waals surface area (Å²) in [4.78, 5) is 34.9. The first kappa shape index (κ1) is 21.0. The number of carbonyl (C=O) groups is 2. The van der Waals surface area contributed by atoms with E-state index in [4.69, 9.17) is 21.1 Å². The molecule has 1 fully saturated rings. The molecule has 0 aliphatic carbocycles. The lowest BCUT2D eigenvalue weighted by molar-refractivity contribution is -0.384. The number of ketones is 1. The molecule has 29 heavy (non-hydrogen) atoms. The fraction of sp³-hybridized carbons (Fsp3) is 0.400. The molecule has 0 spiro atoms. The van der Waals surface area contributed by atoms with Gasteiger partial charge < -0.3 is 14.0 Å². The summed E-state index contributed by atoms with van der Waals surface area (Å²) in [5.41, 5.74) is 1.96. The van der Waals surface area contributed by atoms with Crippen LogP contribution in [-0.2, 0) is 16.0 Å². The Kier molecular flexibility index (Phi) is 6.34. The topological polar surface area (TPSA) is 101 Å². The van der Waals surface area contributed by atoms with Crippen LogP contribution in [0.2, 0.25) is 5.02 Å². The molecule has 154 valence electrons. The van der Waals surface area contributed by atoms with Crippen LogP contribution in [0.15, 0.2) is 24.3 Å². The maximum absolute atomic E-state index is 12.6. The molecule has 0 N–H and O–H groups in total. The number of esters is 1. The number of hydrogen-bond acceptors (Lipinski definition) is 6. The van der Waals surface area contributed by atoms with E-state index in [1.165, 1.54) is 6.07 Å². The quantitative estimate of drug-likeness (QED) is 0.291. The van der Waals surface area contributed by atoms with E-state index in [9.17, 15) is 19.7 Å². The zero-order chi connectivity index (χ0) is 21.1. The predicted molar refractivity (Wildman–Crippen MR) is 106 cm³/mol. The van der Waals surface area contributed by atoms with Crippen molar-refractivity contribution in [3.05, 3.63) is 61.9 Å². The average molecular weight is 421 g/mol. The number of aromatic nitrogens is 1. The SMILES string of the molecule is Cc1cc(C(=O)COC(=O)c2ccc([N+](=O)[O-])cc2Cl)c(C)n1C[C@@H]1CCCO1. The van der Waals surface area contributed by atoms with Gasteiger partial charge in [-0.2, -0.15) is 0 Å². The van der Waals surface area contributed by atoms with Gasteiger partial charge in [-0.25, -0.2) is 4.79 Å². The van der Waals surface area contributed by atoms with Gasteiger partial charge >= 0.3 is 5.97 Å². The third-order valence-corrected chi connectivity index (χ3v) is 5.31. The Bertz CT molecular complexity index is 962. The number of nitro benzene ring substituents is 1. The van der Waals surface area contributed by atoms with E-state index < -0.39 is 17.5 Å². The lowest BCUT2D eigenvalue weighted by Crippen LogP contribution is -2.18. The summed E-state index contributed by atoms with van der Waals surface area (Å²) >= 11 is 5.93. The normalized spacial score (nSPS) is 16.0. The van der Waals surface area contributed by atoms with Crippen LogP contribution >= 0.6 is 11.6 Å². The number of nitro groups is 1. The number of ether oxygens (including phenoxy) is 2. The number of non-ortho nitro benzene ring substituents is 1. The van der Waals surface area contributed by atoms with Crippen molar-refractivity contribution >= 4 is 29.0 Å². The lowest BCUT2D eigenvalue weighted by Gasteiger charge is -2.14. The van der Waals surface area contributed by atoms with Crippen LogP contribution in [0, 0.1) is 24.0 Å². The van der Waals surface area contributed by atoms with E-state index >= 15 is 0 Å². The number of Topliss-reactive ketones (excluding diaryl/α,β-unsaturated/α-hetero) is 1. The Labute approximate surface area is 172 Å². The molecule has 1 aromatic carbocycles. The molecular formula is C20H21ClN2O6. The highest BCUT2D eigenvalue weighted by Gasteiger charge is 2.22. The van der Waals surface area contributed by atoms with Gasteiger partial charge in [-0.3, -0.25) is 14.9 Å². The first-order valence-electron chi connectivity index (χ1n) is 9.20. The summed E-state index contributed by atoms with van der Waals surface area (Å²) in [6.07, 6.45) is 2.18. The van der Waals surface area contributed by atoms with E-state index in [-0.39, 0.29) is 28.2 Å². The van der Waals surface area contributed by atoms with Crippen molar-refractivity contribution in [2.24, 2.45) is 0 Å². The van der Waals surface area contributed by atoms with Crippen molar-refractivity contribution in [3.8, 4) is 0 Å². The van der Waals surface area contributed by atoms with Crippen molar-refractivity contribution < 1.29 is 24.0 Å². The maximum atomic E-state index is 12.6. The van der Waals surface area contributed by atoms with Gasteiger partial charge in [0.05, 0.1) is 21.6 Å². The van der Waals surface area contributed by atoms with Crippen LogP contribution in [0.1, 0.15) is 44.9 Å². The molecule has 1 aromatic heterocycles. The number of hydrogen-bond donors (Lipinski definition) is 0. The Morgan fingerprint density at radius 1 is 1.31 bits per heavy atom. The van der Waals surface area contributed by atoms with Crippen molar-refractivity contribution in [1.29, 1.82) is 0 Å². The minimum atomic E-state index is -0.814. The number of benzene rings is 1. The molecule has 0 unspecified atom stereocenters. The molecule has 1 aliphatic heterocycles. The fourth-order valence-electron chi connectivity index (χ4n) is 3.43. The van der Waals surface area contributed by atoms with Crippen LogP contribution in [0.5, 0.6) is 0 Å². The minimum Gasteiger partial charge on any atom is -0.454 e. The maximum Gasteiger partial charge on any atom is 0.340 e. The molecular weight excluding hydrogens is 400 g/mol. The molecule has 0 bridgehead atoms. The summed E-state index contributed by atoms with van der Waals surface area (Å²) in [5, 5.41) is 10.6. The molecule has 3 rings (SSSR count). The van der Waals surface area contributed by atoms with E-state index in [1.807, 2.05) is 18.4 Å². The summed E-state index contributed by atoms with van der Waals surface area (Å²) < 4.78 is 12.8. The van der Waals surface area contributed by atoms with Crippen LogP contribution in [0.25, 0.3) is 0 Å². The first-order chi connectivity index (χ1) is 13.8. The van der Waals surface area contributed by atoms with Crippen LogP contribution < -0.4 is 0 Å². The molecule has 1 saturated heterocycles. The zero-order valence-electron chi connectivity index (χ0n) is 16.1. The molecule has 2 aromatic rings. The van der Waals surface area contributed by atoms with Crippen LogP contribution in [-0.4, -0.2) is 40.6 Å². The number of aryl methyl sites for hydroxylation is 1. The summed E-state index contributed by atoms with van der Waals surface area (Å²) in [5.74, 6) is -1.14. The zero-order valence-corrected chi connectivity index (χ0v) is 16.9. The van der Waals surface area contributed by atoms with Crippen molar-refractivity contribution in [2.45, 2.75) is 39.3 Å². The van der Waals surface area contributed by atoms with Gasteiger partial charge in [0.2, 0.25) is 5.78 Å². The molecule has 0 saturated carbocycles. The Hall–Kier alpha value is -2.71. The number of rotatable bonds is 7. The third kappa shape index (κ3) is 4.65. The van der Waals surface area contributed by atoms with E-state index in [2.05, 4.69) is 0 Å². The Balaban J connectivity index is 1.66. The monoisotopic (exact) mass is 420 g/mol. The van der Waals surface area contributed by atoms with Gasteiger partial charge in [0, 0.05) is 42.2 Å². The molecule has 0 amide bonds. The molecule has 1 atom stereocenters. The fourth-order valence-corrected chi connectivity index (χ4v) is 3.68. The highest BCUT2D eigenvalue weighted by atomic mass is 35.5. The van der Waals surface area contributed by atoms with E-state index in [0.717, 1.165) is 43.0 Å². The number of halogens is 1. The molecule has 8 nitrogen and oxygen atoms in total. The highest BCUT2D eigenvalue weighted by molar-refractivity contribution is 6.33. The second-order valence-electron chi connectivity index (χ2n) is 6.95. The van der Waals surface area contributed by atoms with Crippen molar-refractivity contribution in [3.63, 3.8) is 0 Å². The van der Waals surface area contributed by atoms with Crippen LogP contribution in [0.4, 0.5) is 5.69 Å². The predicted octanol–water partition coefficient (Wildman–Crippen LogP) is 3.89. The molecule has 2 heterocycles. The van der Waals surface area contributed by atoms with Gasteiger partial charge in [-0.05, 0) is 38.8 Å². The first-order valence-corrected chi connectivity index (χ1v) is 9.58. The van der Waals surface area contributed by atoms with Crippen molar-refractivity contribution in [2.75, 3.05) is 13.2 Å². The van der Waals surface area contributed by atoms with Gasteiger partial charge in [-0.15, -0.1) is 0 Å². The molecule has 0 radical (unpaired) electrons. The van der Waals surface area contributed by atoms with Gasteiger partial charge in [0.25, 0.3) is 5.69 Å². The lowest BCUT2D eigenvalue weighted by atomic mass is 10.1. The largest absolute Gasteiger partial charge is 0.454 e. The van der Waals surface area contributed by atoms with Crippen molar-refractivity contribution in [1.82, 2.24) is 4.57 Å². The Morgan fingerprint density at radius 2 is 2.07 bits per heavy atom. The molecule has 9 heteroatoms. The standard InChI is InChI=1S/C20H21ClN2O6/c1-12-8-17(13(2)22(12)10-15-4-3-7-28-15)19(24)11-29-20(25)16-6-5-14(23(26)27)9-18(16)21/h5-6,8-9,15H,3-4,7,10-11H2,1-2H3/t15-/m0/s1. The third-order valence-electron chi connectivity index (χ3n) is 5.00.